The molecule has 0 fully saturated rings. The Morgan fingerprint density at radius 1 is 0.492 bits per heavy atom. The average Bonchev–Trinajstić information content (AvgIpc) is 3.12. The summed E-state index contributed by atoms with van der Waals surface area (Å²) in [6.07, 6.45) is 4.84. The molecule has 0 amide bonds. The molecule has 0 heterocycles. The fourth-order valence-corrected chi connectivity index (χ4v) is 4.12. The van der Waals surface area contributed by atoms with E-state index in [1.54, 1.807) is 20.8 Å². The van der Waals surface area contributed by atoms with Crippen molar-refractivity contribution in [1.29, 1.82) is 0 Å². The van der Waals surface area contributed by atoms with Gasteiger partial charge in [0.2, 0.25) is 0 Å². The molecule has 0 aliphatic carbocycles. The summed E-state index contributed by atoms with van der Waals surface area (Å²) in [5.41, 5.74) is 2.04. The largest absolute Gasteiger partial charge is 0.481 e. The Hall–Kier alpha value is -3.72. The van der Waals surface area contributed by atoms with E-state index in [-0.39, 0.29) is 51.6 Å². The SMILES string of the molecule is CC.CC.CC(C)(C)O.CCC(C)(C)CC(=O)O.CCC(C)(C)CC(=O)OC(C)(C)C.CCC(C)(C)c1ccc(OC(C)=O)cc1.CCC(C)(C)c1ccc(OC(C)=O)cc1. The number of hydrogen-bond donors (Lipinski definition) is 2. The summed E-state index contributed by atoms with van der Waals surface area (Å²) < 4.78 is 15.2. The monoisotopic (exact) mass is 863 g/mol. The highest BCUT2D eigenvalue weighted by Gasteiger charge is 2.24. The van der Waals surface area contributed by atoms with Crippen LogP contribution in [0.25, 0.3) is 0 Å². The van der Waals surface area contributed by atoms with Gasteiger partial charge in [-0.1, -0.05) is 148 Å². The fourth-order valence-electron chi connectivity index (χ4n) is 4.12. The predicted molar refractivity (Wildman–Crippen MR) is 258 cm³/mol. The Kier molecular flexibility index (Phi) is 34.9. The van der Waals surface area contributed by atoms with Crippen LogP contribution in [0.5, 0.6) is 11.5 Å². The van der Waals surface area contributed by atoms with Crippen LogP contribution in [0.2, 0.25) is 0 Å². The maximum atomic E-state index is 11.4. The average molecular weight is 863 g/mol. The highest BCUT2D eigenvalue weighted by atomic mass is 16.6. The molecular weight excluding hydrogens is 769 g/mol. The lowest BCUT2D eigenvalue weighted by molar-refractivity contribution is -0.157. The van der Waals surface area contributed by atoms with Gasteiger partial charge in [0.05, 0.1) is 18.4 Å². The van der Waals surface area contributed by atoms with E-state index in [0.717, 1.165) is 25.7 Å². The van der Waals surface area contributed by atoms with Gasteiger partial charge in [0.1, 0.15) is 17.1 Å². The van der Waals surface area contributed by atoms with Gasteiger partial charge in [-0.15, -0.1) is 0 Å². The first-order valence-corrected chi connectivity index (χ1v) is 22.3. The third-order valence-corrected chi connectivity index (χ3v) is 9.15. The van der Waals surface area contributed by atoms with Gasteiger partial charge in [-0.2, -0.15) is 0 Å². The summed E-state index contributed by atoms with van der Waals surface area (Å²) in [6, 6.07) is 15.4. The number of carboxylic acid groups (broad SMARTS) is 1. The number of carbonyl (C=O) groups excluding carboxylic acids is 3. The standard InChI is InChI=1S/2C13H18O2.C11H22O2.C7H14O2.C4H10O.2C2H6/c2*1-5-13(3,4)11-6-8-12(9-7-11)15-10(2)14;1-7-11(5,6)8-9(12)13-10(2,3)4;1-4-7(2,3)5-6(8)9;1-4(2,3)5;2*1-2/h2*6-9H,5H2,1-4H3;7-8H2,1-6H3;4-5H2,1-3H3,(H,8,9);5H,1-3H3;2*1-2H3. The van der Waals surface area contributed by atoms with Crippen molar-refractivity contribution in [3.05, 3.63) is 59.7 Å². The molecule has 0 bridgehead atoms. The van der Waals surface area contributed by atoms with Crippen LogP contribution in [0.1, 0.15) is 216 Å². The van der Waals surface area contributed by atoms with Crippen LogP contribution in [-0.4, -0.2) is 45.3 Å². The zero-order valence-electron chi connectivity index (χ0n) is 43.6. The number of aliphatic hydroxyl groups is 1. The van der Waals surface area contributed by atoms with Crippen LogP contribution in [0.4, 0.5) is 0 Å². The molecular formula is C52H94O9. The van der Waals surface area contributed by atoms with E-state index in [2.05, 4.69) is 62.3 Å². The van der Waals surface area contributed by atoms with Gasteiger partial charge in [0.25, 0.3) is 0 Å². The lowest BCUT2D eigenvalue weighted by Crippen LogP contribution is -2.27. The van der Waals surface area contributed by atoms with Crippen LogP contribution in [0, 0.1) is 10.8 Å². The molecule has 0 atom stereocenters. The maximum absolute atomic E-state index is 11.4. The van der Waals surface area contributed by atoms with Crippen molar-refractivity contribution < 1.29 is 43.6 Å². The van der Waals surface area contributed by atoms with Crippen molar-refractivity contribution in [2.24, 2.45) is 10.8 Å². The highest BCUT2D eigenvalue weighted by Crippen LogP contribution is 2.29. The summed E-state index contributed by atoms with van der Waals surface area (Å²) in [7, 11) is 0. The van der Waals surface area contributed by atoms with Gasteiger partial charge in [0, 0.05) is 13.8 Å². The molecule has 2 N–H and O–H groups in total. The quantitative estimate of drug-likeness (QED) is 0.158. The van der Waals surface area contributed by atoms with Crippen LogP contribution >= 0.6 is 0 Å². The van der Waals surface area contributed by atoms with Crippen LogP contribution in [0.15, 0.2) is 48.5 Å². The third-order valence-electron chi connectivity index (χ3n) is 9.15. The molecule has 0 saturated carbocycles. The zero-order valence-corrected chi connectivity index (χ0v) is 43.6. The number of carbonyl (C=O) groups is 4. The number of benzene rings is 2. The maximum Gasteiger partial charge on any atom is 0.308 e. The van der Waals surface area contributed by atoms with Crippen molar-refractivity contribution in [2.75, 3.05) is 0 Å². The second-order valence-corrected chi connectivity index (χ2v) is 19.3. The Labute approximate surface area is 375 Å². The van der Waals surface area contributed by atoms with E-state index < -0.39 is 11.6 Å². The summed E-state index contributed by atoms with van der Waals surface area (Å²) in [5, 5.41) is 16.9. The molecule has 0 spiro atoms. The minimum absolute atomic E-state index is 0.0359. The second kappa shape index (κ2) is 32.0. The Morgan fingerprint density at radius 2 is 0.754 bits per heavy atom. The number of carboxylic acids is 1. The number of hydrogen-bond acceptors (Lipinski definition) is 8. The van der Waals surface area contributed by atoms with Crippen molar-refractivity contribution in [3.8, 4) is 11.5 Å². The van der Waals surface area contributed by atoms with E-state index in [4.69, 9.17) is 24.4 Å². The van der Waals surface area contributed by atoms with E-state index in [0.29, 0.717) is 17.9 Å². The van der Waals surface area contributed by atoms with Gasteiger partial charge in [-0.05, 0) is 111 Å². The molecule has 0 saturated heterocycles. The molecule has 356 valence electrons. The van der Waals surface area contributed by atoms with Gasteiger partial charge in [-0.25, -0.2) is 0 Å². The fraction of sp³-hybridized carbons (Fsp3) is 0.692. The smallest absolute Gasteiger partial charge is 0.308 e. The molecule has 9 heteroatoms. The lowest BCUT2D eigenvalue weighted by Gasteiger charge is -2.25. The Bertz CT molecular complexity index is 1370. The van der Waals surface area contributed by atoms with Crippen LogP contribution < -0.4 is 9.47 Å². The van der Waals surface area contributed by atoms with Gasteiger partial charge in [-0.3, -0.25) is 19.2 Å². The molecule has 0 unspecified atom stereocenters. The molecule has 9 nitrogen and oxygen atoms in total. The highest BCUT2D eigenvalue weighted by molar-refractivity contribution is 5.71. The topological polar surface area (TPSA) is 136 Å². The number of aliphatic carboxylic acids is 1. The second-order valence-electron chi connectivity index (χ2n) is 19.3. The van der Waals surface area contributed by atoms with E-state index in [1.165, 1.54) is 25.0 Å². The number of rotatable bonds is 12. The molecule has 0 radical (unpaired) electrons. The van der Waals surface area contributed by atoms with Crippen LogP contribution in [-0.2, 0) is 34.7 Å². The summed E-state index contributed by atoms with van der Waals surface area (Å²) >= 11 is 0. The summed E-state index contributed by atoms with van der Waals surface area (Å²) in [6.45, 7) is 47.0. The minimum atomic E-state index is -0.707. The molecule has 2 aromatic carbocycles. The van der Waals surface area contributed by atoms with E-state index >= 15 is 0 Å². The Morgan fingerprint density at radius 3 is 0.934 bits per heavy atom. The predicted octanol–water partition coefficient (Wildman–Crippen LogP) is 14.5. The van der Waals surface area contributed by atoms with E-state index in [1.807, 2.05) is 118 Å². The lowest BCUT2D eigenvalue weighted by atomic mass is 9.82. The third kappa shape index (κ3) is 41.4. The first-order chi connectivity index (χ1) is 27.5. The van der Waals surface area contributed by atoms with Crippen molar-refractivity contribution >= 4 is 23.9 Å². The molecule has 2 rings (SSSR count). The molecule has 2 aromatic rings. The van der Waals surface area contributed by atoms with Crippen molar-refractivity contribution in [2.45, 2.75) is 227 Å². The van der Waals surface area contributed by atoms with Crippen LogP contribution in [0.3, 0.4) is 0 Å². The molecule has 0 aliphatic rings. The van der Waals surface area contributed by atoms with E-state index in [9.17, 15) is 19.2 Å². The zero-order chi connectivity index (χ0) is 49.6. The first-order valence-electron chi connectivity index (χ1n) is 22.3. The van der Waals surface area contributed by atoms with Gasteiger partial charge in [0.15, 0.2) is 0 Å². The van der Waals surface area contributed by atoms with Crippen molar-refractivity contribution in [1.82, 2.24) is 0 Å². The van der Waals surface area contributed by atoms with Gasteiger partial charge < -0.3 is 24.4 Å². The summed E-state index contributed by atoms with van der Waals surface area (Å²) in [4.78, 5) is 43.0. The minimum Gasteiger partial charge on any atom is -0.481 e. The summed E-state index contributed by atoms with van der Waals surface area (Å²) in [5.74, 6) is -0.146. The number of ether oxygens (including phenoxy) is 3. The molecule has 0 aliphatic heterocycles. The van der Waals surface area contributed by atoms with Crippen molar-refractivity contribution in [3.63, 3.8) is 0 Å². The Balaban J connectivity index is -0.000000217. The van der Waals surface area contributed by atoms with Gasteiger partial charge >= 0.3 is 23.9 Å². The number of esters is 3. The molecule has 61 heavy (non-hydrogen) atoms. The first kappa shape index (κ1) is 66.4. The normalized spacial score (nSPS) is 11.1. The molecule has 0 aromatic heterocycles.